The largest absolute Gasteiger partial charge is 0.378 e. The summed E-state index contributed by atoms with van der Waals surface area (Å²) in [6.45, 7) is 6.74. The van der Waals surface area contributed by atoms with Crippen LogP contribution in [0.3, 0.4) is 0 Å². The Morgan fingerprint density at radius 3 is 3.11 bits per heavy atom. The van der Waals surface area contributed by atoms with Gasteiger partial charge in [0, 0.05) is 36.8 Å². The lowest BCUT2D eigenvalue weighted by molar-refractivity contribution is -0.0902. The number of aryl methyl sites for hydroxylation is 1. The van der Waals surface area contributed by atoms with E-state index < -0.39 is 0 Å². The second-order valence-corrected chi connectivity index (χ2v) is 6.99. The van der Waals surface area contributed by atoms with E-state index in [0.717, 1.165) is 39.1 Å². The molecule has 0 aromatic carbocycles. The summed E-state index contributed by atoms with van der Waals surface area (Å²) in [5, 5.41) is 4.89. The van der Waals surface area contributed by atoms with E-state index in [1.165, 1.54) is 9.88 Å². The molecule has 106 valence electrons. The van der Waals surface area contributed by atoms with Crippen LogP contribution >= 0.6 is 11.3 Å². The highest BCUT2D eigenvalue weighted by molar-refractivity contribution is 7.11. The zero-order valence-corrected chi connectivity index (χ0v) is 12.5. The summed E-state index contributed by atoms with van der Waals surface area (Å²) in [4.78, 5) is 5.74. The van der Waals surface area contributed by atoms with E-state index in [0.29, 0.717) is 12.1 Å². The van der Waals surface area contributed by atoms with Crippen molar-refractivity contribution in [3.05, 3.63) is 16.1 Å². The molecule has 2 aliphatic heterocycles. The number of rotatable bonds is 3. The van der Waals surface area contributed by atoms with Gasteiger partial charge in [-0.25, -0.2) is 4.98 Å². The summed E-state index contributed by atoms with van der Waals surface area (Å²) in [6.07, 6.45) is 5.13. The van der Waals surface area contributed by atoms with Crippen LogP contribution in [-0.2, 0) is 9.47 Å². The van der Waals surface area contributed by atoms with Crippen molar-refractivity contribution in [1.29, 1.82) is 0 Å². The lowest BCUT2D eigenvalue weighted by Gasteiger charge is -2.38. The van der Waals surface area contributed by atoms with Crippen molar-refractivity contribution in [1.82, 2.24) is 10.3 Å². The molecular formula is C14H22N2O2S. The molecule has 0 saturated carbocycles. The van der Waals surface area contributed by atoms with Crippen LogP contribution < -0.4 is 5.32 Å². The molecule has 1 aromatic rings. The topological polar surface area (TPSA) is 43.4 Å². The van der Waals surface area contributed by atoms with E-state index in [2.05, 4.69) is 24.1 Å². The molecule has 1 aromatic heterocycles. The summed E-state index contributed by atoms with van der Waals surface area (Å²) < 4.78 is 11.5. The fourth-order valence-electron chi connectivity index (χ4n) is 3.03. The highest BCUT2D eigenvalue weighted by Gasteiger charge is 2.41. The van der Waals surface area contributed by atoms with Crippen molar-refractivity contribution in [2.45, 2.75) is 50.8 Å². The zero-order chi connectivity index (χ0) is 13.3. The molecule has 3 unspecified atom stereocenters. The molecule has 0 bridgehead atoms. The van der Waals surface area contributed by atoms with E-state index in [9.17, 15) is 0 Å². The normalized spacial score (nSPS) is 32.8. The maximum atomic E-state index is 5.97. The van der Waals surface area contributed by atoms with E-state index in [1.807, 2.05) is 6.20 Å². The highest BCUT2D eigenvalue weighted by atomic mass is 32.1. The number of aromatic nitrogens is 1. The van der Waals surface area contributed by atoms with Crippen LogP contribution in [0.4, 0.5) is 0 Å². The Morgan fingerprint density at radius 2 is 2.42 bits per heavy atom. The summed E-state index contributed by atoms with van der Waals surface area (Å²) in [5.41, 5.74) is -0.0194. The van der Waals surface area contributed by atoms with E-state index in [1.54, 1.807) is 11.3 Å². The molecule has 1 N–H and O–H groups in total. The smallest absolute Gasteiger partial charge is 0.109 e. The van der Waals surface area contributed by atoms with Crippen molar-refractivity contribution in [3.8, 4) is 0 Å². The lowest BCUT2D eigenvalue weighted by Crippen LogP contribution is -2.48. The molecule has 3 atom stereocenters. The summed E-state index contributed by atoms with van der Waals surface area (Å²) >= 11 is 1.78. The zero-order valence-electron chi connectivity index (χ0n) is 11.6. The quantitative estimate of drug-likeness (QED) is 0.925. The fraction of sp³-hybridized carbons (Fsp3) is 0.786. The Balaban J connectivity index is 1.60. The molecule has 0 amide bonds. The Labute approximate surface area is 118 Å². The van der Waals surface area contributed by atoms with E-state index in [-0.39, 0.29) is 5.60 Å². The van der Waals surface area contributed by atoms with Gasteiger partial charge in [0.2, 0.25) is 0 Å². The predicted molar refractivity (Wildman–Crippen MR) is 75.5 cm³/mol. The highest BCUT2D eigenvalue weighted by Crippen LogP contribution is 2.33. The van der Waals surface area contributed by atoms with Gasteiger partial charge in [-0.1, -0.05) is 0 Å². The number of thiazole rings is 1. The second-order valence-electron chi connectivity index (χ2n) is 5.72. The first kappa shape index (κ1) is 13.5. The SMILES string of the molecule is Cc1cnc(C(C)NC2CCOC3(CCOC3)C2)s1. The molecular weight excluding hydrogens is 260 g/mol. The average Bonchev–Trinajstić information content (AvgIpc) is 2.99. The average molecular weight is 282 g/mol. The van der Waals surface area contributed by atoms with Gasteiger partial charge >= 0.3 is 0 Å². The molecule has 4 nitrogen and oxygen atoms in total. The van der Waals surface area contributed by atoms with Gasteiger partial charge in [0.15, 0.2) is 0 Å². The molecule has 2 fully saturated rings. The third-order valence-corrected chi connectivity index (χ3v) is 5.15. The third-order valence-electron chi connectivity index (χ3n) is 4.06. The molecule has 2 saturated heterocycles. The molecule has 0 radical (unpaired) electrons. The lowest BCUT2D eigenvalue weighted by atomic mass is 9.89. The Morgan fingerprint density at radius 1 is 1.53 bits per heavy atom. The molecule has 19 heavy (non-hydrogen) atoms. The van der Waals surface area contributed by atoms with Crippen molar-refractivity contribution >= 4 is 11.3 Å². The monoisotopic (exact) mass is 282 g/mol. The van der Waals surface area contributed by atoms with Gasteiger partial charge in [0.25, 0.3) is 0 Å². The minimum Gasteiger partial charge on any atom is -0.378 e. The van der Waals surface area contributed by atoms with E-state index >= 15 is 0 Å². The molecule has 0 aliphatic carbocycles. The molecule has 3 rings (SSSR count). The molecule has 5 heteroatoms. The van der Waals surface area contributed by atoms with Gasteiger partial charge < -0.3 is 14.8 Å². The first-order valence-electron chi connectivity index (χ1n) is 7.07. The van der Waals surface area contributed by atoms with Gasteiger partial charge in [-0.3, -0.25) is 0 Å². The second kappa shape index (κ2) is 5.48. The van der Waals surface area contributed by atoms with Gasteiger partial charge in [-0.2, -0.15) is 0 Å². The maximum Gasteiger partial charge on any atom is 0.109 e. The first-order valence-corrected chi connectivity index (χ1v) is 7.89. The molecule has 1 spiro atoms. The van der Waals surface area contributed by atoms with Crippen LogP contribution in [0.1, 0.15) is 42.1 Å². The van der Waals surface area contributed by atoms with Crippen LogP contribution in [0, 0.1) is 6.92 Å². The van der Waals surface area contributed by atoms with Crippen molar-refractivity contribution in [3.63, 3.8) is 0 Å². The van der Waals surface area contributed by atoms with Crippen molar-refractivity contribution in [2.24, 2.45) is 0 Å². The minimum atomic E-state index is -0.0194. The fourth-order valence-corrected chi connectivity index (χ4v) is 3.82. The molecule has 3 heterocycles. The van der Waals surface area contributed by atoms with Gasteiger partial charge in [-0.15, -0.1) is 11.3 Å². The van der Waals surface area contributed by atoms with Crippen LogP contribution in [0.2, 0.25) is 0 Å². The van der Waals surface area contributed by atoms with Crippen molar-refractivity contribution in [2.75, 3.05) is 19.8 Å². The predicted octanol–water partition coefficient (Wildman–Crippen LogP) is 2.44. The summed E-state index contributed by atoms with van der Waals surface area (Å²) in [6, 6.07) is 0.829. The van der Waals surface area contributed by atoms with Crippen LogP contribution in [0.5, 0.6) is 0 Å². The number of hydrogen-bond acceptors (Lipinski definition) is 5. The van der Waals surface area contributed by atoms with Gasteiger partial charge in [0.1, 0.15) is 5.01 Å². The Kier molecular flexibility index (Phi) is 3.89. The Bertz CT molecular complexity index is 429. The number of nitrogens with one attached hydrogen (secondary N) is 1. The number of nitrogens with zero attached hydrogens (tertiary/aromatic N) is 1. The summed E-state index contributed by atoms with van der Waals surface area (Å²) in [5.74, 6) is 0. The van der Waals surface area contributed by atoms with Crippen LogP contribution in [0.25, 0.3) is 0 Å². The standard InChI is InChI=1S/C14H22N2O2S/c1-10-8-15-13(19-10)11(2)16-12-3-5-18-14(7-12)4-6-17-9-14/h8,11-12,16H,3-7,9H2,1-2H3. The molecule has 2 aliphatic rings. The minimum absolute atomic E-state index is 0.0194. The Hall–Kier alpha value is -0.490. The van der Waals surface area contributed by atoms with Crippen LogP contribution in [0.15, 0.2) is 6.20 Å². The third kappa shape index (κ3) is 2.99. The van der Waals surface area contributed by atoms with Crippen molar-refractivity contribution < 1.29 is 9.47 Å². The number of ether oxygens (including phenoxy) is 2. The van der Waals surface area contributed by atoms with Gasteiger partial charge in [0.05, 0.1) is 18.2 Å². The van der Waals surface area contributed by atoms with Crippen LogP contribution in [-0.4, -0.2) is 36.4 Å². The number of hydrogen-bond donors (Lipinski definition) is 1. The van der Waals surface area contributed by atoms with E-state index in [4.69, 9.17) is 9.47 Å². The van der Waals surface area contributed by atoms with Gasteiger partial charge in [-0.05, 0) is 26.7 Å². The first-order chi connectivity index (χ1) is 9.17. The maximum absolute atomic E-state index is 5.97. The summed E-state index contributed by atoms with van der Waals surface area (Å²) in [7, 11) is 0.